The summed E-state index contributed by atoms with van der Waals surface area (Å²) >= 11 is 0. The summed E-state index contributed by atoms with van der Waals surface area (Å²) in [7, 11) is 0. The van der Waals surface area contributed by atoms with E-state index in [1.54, 1.807) is 30.7 Å². The molecule has 0 aliphatic carbocycles. The number of rotatable bonds is 3. The molecule has 80 valence electrons. The molecule has 0 spiro atoms. The van der Waals surface area contributed by atoms with Crippen LogP contribution in [0.25, 0.3) is 0 Å². The lowest BCUT2D eigenvalue weighted by Crippen LogP contribution is -1.91. The van der Waals surface area contributed by atoms with Crippen molar-refractivity contribution in [3.05, 3.63) is 60.2 Å². The Morgan fingerprint density at radius 2 is 2.19 bits per heavy atom. The largest absolute Gasteiger partial charge is 0.278 e. The van der Waals surface area contributed by atoms with Gasteiger partial charge in [-0.2, -0.15) is 5.10 Å². The third-order valence-corrected chi connectivity index (χ3v) is 1.92. The van der Waals surface area contributed by atoms with Crippen molar-refractivity contribution in [2.45, 2.75) is 0 Å². The predicted molar refractivity (Wildman–Crippen MR) is 61.9 cm³/mol. The Hall–Kier alpha value is -2.23. The van der Waals surface area contributed by atoms with Gasteiger partial charge in [0, 0.05) is 18.0 Å². The monoisotopic (exact) mass is 215 g/mol. The zero-order valence-corrected chi connectivity index (χ0v) is 8.47. The zero-order valence-electron chi connectivity index (χ0n) is 8.47. The molecule has 1 N–H and O–H groups in total. The minimum Gasteiger partial charge on any atom is -0.278 e. The summed E-state index contributed by atoms with van der Waals surface area (Å²) in [4.78, 5) is 3.95. The summed E-state index contributed by atoms with van der Waals surface area (Å²) in [6, 6.07) is 9.82. The molecule has 0 saturated carbocycles. The minimum absolute atomic E-state index is 0.290. The predicted octanol–water partition coefficient (Wildman–Crippen LogP) is 2.67. The van der Waals surface area contributed by atoms with Crippen LogP contribution in [0.4, 0.5) is 10.1 Å². The first-order valence-electron chi connectivity index (χ1n) is 4.79. The van der Waals surface area contributed by atoms with Gasteiger partial charge < -0.3 is 0 Å². The molecule has 2 aromatic rings. The van der Waals surface area contributed by atoms with E-state index < -0.39 is 0 Å². The van der Waals surface area contributed by atoms with Crippen LogP contribution < -0.4 is 5.43 Å². The van der Waals surface area contributed by atoms with E-state index in [9.17, 15) is 4.39 Å². The highest BCUT2D eigenvalue weighted by Crippen LogP contribution is 2.08. The van der Waals surface area contributed by atoms with Gasteiger partial charge >= 0.3 is 0 Å². The summed E-state index contributed by atoms with van der Waals surface area (Å²) in [6.07, 6.45) is 5.01. The average Bonchev–Trinajstić information content (AvgIpc) is 2.30. The molecule has 0 fully saturated rings. The molecule has 0 aliphatic heterocycles. The van der Waals surface area contributed by atoms with Crippen molar-refractivity contribution in [1.29, 1.82) is 0 Å². The van der Waals surface area contributed by atoms with Gasteiger partial charge in [0.1, 0.15) is 5.82 Å². The maximum atomic E-state index is 12.8. The van der Waals surface area contributed by atoms with Crippen LogP contribution in [-0.2, 0) is 0 Å². The topological polar surface area (TPSA) is 37.3 Å². The van der Waals surface area contributed by atoms with Gasteiger partial charge in [-0.1, -0.05) is 12.1 Å². The van der Waals surface area contributed by atoms with Gasteiger partial charge in [-0.3, -0.25) is 10.4 Å². The summed E-state index contributed by atoms with van der Waals surface area (Å²) in [5, 5.41) is 3.97. The Balaban J connectivity index is 2.00. The van der Waals surface area contributed by atoms with E-state index in [-0.39, 0.29) is 5.82 Å². The second-order valence-electron chi connectivity index (χ2n) is 3.17. The van der Waals surface area contributed by atoms with E-state index in [0.29, 0.717) is 5.69 Å². The minimum atomic E-state index is -0.290. The smallest absolute Gasteiger partial charge is 0.125 e. The van der Waals surface area contributed by atoms with Crippen LogP contribution >= 0.6 is 0 Å². The summed E-state index contributed by atoms with van der Waals surface area (Å²) < 4.78 is 12.8. The fourth-order valence-corrected chi connectivity index (χ4v) is 1.19. The van der Waals surface area contributed by atoms with Crippen molar-refractivity contribution in [1.82, 2.24) is 4.98 Å². The lowest BCUT2D eigenvalue weighted by Gasteiger charge is -1.98. The van der Waals surface area contributed by atoms with Gasteiger partial charge in [0.25, 0.3) is 0 Å². The number of pyridine rings is 1. The van der Waals surface area contributed by atoms with Crippen molar-refractivity contribution in [2.75, 3.05) is 5.43 Å². The number of anilines is 1. The van der Waals surface area contributed by atoms with Crippen molar-refractivity contribution >= 4 is 11.9 Å². The van der Waals surface area contributed by atoms with Crippen LogP contribution in [0.15, 0.2) is 53.9 Å². The van der Waals surface area contributed by atoms with Crippen molar-refractivity contribution < 1.29 is 4.39 Å². The fourth-order valence-electron chi connectivity index (χ4n) is 1.19. The van der Waals surface area contributed by atoms with Crippen LogP contribution in [0.3, 0.4) is 0 Å². The van der Waals surface area contributed by atoms with Gasteiger partial charge in [0.05, 0.1) is 11.9 Å². The molecule has 16 heavy (non-hydrogen) atoms. The highest BCUT2D eigenvalue weighted by molar-refractivity contribution is 5.79. The van der Waals surface area contributed by atoms with Crippen LogP contribution in [0.1, 0.15) is 5.56 Å². The van der Waals surface area contributed by atoms with Crippen LogP contribution in [0, 0.1) is 5.82 Å². The molecule has 1 heterocycles. The van der Waals surface area contributed by atoms with E-state index in [4.69, 9.17) is 0 Å². The molecule has 0 radical (unpaired) electrons. The highest BCUT2D eigenvalue weighted by atomic mass is 19.1. The van der Waals surface area contributed by atoms with Crippen molar-refractivity contribution in [3.63, 3.8) is 0 Å². The Bertz CT molecular complexity index is 483. The molecule has 0 unspecified atom stereocenters. The third kappa shape index (κ3) is 2.88. The molecule has 4 heteroatoms. The number of hydrogen-bond donors (Lipinski definition) is 1. The third-order valence-electron chi connectivity index (χ3n) is 1.92. The molecule has 0 bridgehead atoms. The number of hydrogen-bond acceptors (Lipinski definition) is 3. The first-order chi connectivity index (χ1) is 7.84. The molecule has 0 atom stereocenters. The van der Waals surface area contributed by atoms with Crippen molar-refractivity contribution in [2.24, 2.45) is 5.10 Å². The van der Waals surface area contributed by atoms with Gasteiger partial charge in [-0.05, 0) is 24.3 Å². The highest BCUT2D eigenvalue weighted by Gasteiger charge is 1.91. The second kappa shape index (κ2) is 5.02. The molecule has 0 amide bonds. The quantitative estimate of drug-likeness (QED) is 0.631. The molecule has 3 nitrogen and oxygen atoms in total. The Kier molecular flexibility index (Phi) is 3.23. The van der Waals surface area contributed by atoms with Crippen LogP contribution in [-0.4, -0.2) is 11.2 Å². The molecule has 0 aliphatic rings. The number of halogens is 1. The summed E-state index contributed by atoms with van der Waals surface area (Å²) in [5.74, 6) is -0.290. The lowest BCUT2D eigenvalue weighted by molar-refractivity contribution is 0.628. The first kappa shape index (κ1) is 10.3. The van der Waals surface area contributed by atoms with Gasteiger partial charge in [-0.25, -0.2) is 4.39 Å². The molecule has 1 aromatic heterocycles. The maximum absolute atomic E-state index is 12.8. The standard InChI is InChI=1S/C12H10FN3/c13-11-4-1-5-12(7-11)16-15-9-10-3-2-6-14-8-10/h1-9,16H/b15-9-. The van der Waals surface area contributed by atoms with Crippen LogP contribution in [0.5, 0.6) is 0 Å². The number of benzene rings is 1. The number of hydrazone groups is 1. The normalized spacial score (nSPS) is 10.6. The number of nitrogens with one attached hydrogen (secondary N) is 1. The van der Waals surface area contributed by atoms with E-state index in [1.165, 1.54) is 12.1 Å². The van der Waals surface area contributed by atoms with E-state index in [0.717, 1.165) is 5.56 Å². The second-order valence-corrected chi connectivity index (χ2v) is 3.17. The van der Waals surface area contributed by atoms with Crippen molar-refractivity contribution in [3.8, 4) is 0 Å². The lowest BCUT2D eigenvalue weighted by atomic mass is 10.3. The van der Waals surface area contributed by atoms with Crippen LogP contribution in [0.2, 0.25) is 0 Å². The molecule has 0 saturated heterocycles. The Morgan fingerprint density at radius 1 is 1.25 bits per heavy atom. The summed E-state index contributed by atoms with van der Waals surface area (Å²) in [5.41, 5.74) is 4.23. The first-order valence-corrected chi connectivity index (χ1v) is 4.79. The van der Waals surface area contributed by atoms with Gasteiger partial charge in [0.2, 0.25) is 0 Å². The van der Waals surface area contributed by atoms with E-state index in [1.807, 2.05) is 12.1 Å². The Labute approximate surface area is 92.7 Å². The maximum Gasteiger partial charge on any atom is 0.125 e. The average molecular weight is 215 g/mol. The number of aromatic nitrogens is 1. The molecule has 2 rings (SSSR count). The van der Waals surface area contributed by atoms with Gasteiger partial charge in [-0.15, -0.1) is 0 Å². The van der Waals surface area contributed by atoms with E-state index in [2.05, 4.69) is 15.5 Å². The number of nitrogens with zero attached hydrogens (tertiary/aromatic N) is 2. The zero-order chi connectivity index (χ0) is 11.2. The Morgan fingerprint density at radius 3 is 2.94 bits per heavy atom. The van der Waals surface area contributed by atoms with Gasteiger partial charge in [0.15, 0.2) is 0 Å². The molecular formula is C12H10FN3. The summed E-state index contributed by atoms with van der Waals surface area (Å²) in [6.45, 7) is 0. The van der Waals surface area contributed by atoms with E-state index >= 15 is 0 Å². The molecular weight excluding hydrogens is 205 g/mol. The SMILES string of the molecule is Fc1cccc(N/N=C\c2cccnc2)c1. The fraction of sp³-hybridized carbons (Fsp3) is 0. The molecule has 1 aromatic carbocycles.